The molecule has 3 heteroatoms. The van der Waals surface area contributed by atoms with Gasteiger partial charge in [-0.1, -0.05) is 43.7 Å². The van der Waals surface area contributed by atoms with Gasteiger partial charge in [-0.2, -0.15) is 5.26 Å². The fourth-order valence-electron chi connectivity index (χ4n) is 2.19. The van der Waals surface area contributed by atoms with Crippen molar-refractivity contribution in [1.29, 1.82) is 5.26 Å². The van der Waals surface area contributed by atoms with Gasteiger partial charge in [0.25, 0.3) is 0 Å². The topological polar surface area (TPSA) is 23.8 Å². The van der Waals surface area contributed by atoms with Crippen LogP contribution in [-0.4, -0.2) is 0 Å². The van der Waals surface area contributed by atoms with E-state index in [1.807, 2.05) is 17.5 Å². The van der Waals surface area contributed by atoms with Crippen molar-refractivity contribution in [2.24, 2.45) is 0 Å². The van der Waals surface area contributed by atoms with E-state index in [1.54, 1.807) is 12.1 Å². The summed E-state index contributed by atoms with van der Waals surface area (Å²) in [6.07, 6.45) is 4.80. The van der Waals surface area contributed by atoms with Gasteiger partial charge in [0, 0.05) is 11.1 Å². The van der Waals surface area contributed by atoms with E-state index in [9.17, 15) is 4.39 Å². The van der Waals surface area contributed by atoms with Gasteiger partial charge < -0.3 is 0 Å². The van der Waals surface area contributed by atoms with Crippen molar-refractivity contribution < 1.29 is 4.39 Å². The molecule has 0 aliphatic carbocycles. The fourth-order valence-corrected chi connectivity index (χ4v) is 2.58. The minimum atomic E-state index is -0.408. The van der Waals surface area contributed by atoms with Crippen LogP contribution in [0.2, 0.25) is 0 Å². The van der Waals surface area contributed by atoms with Crippen molar-refractivity contribution in [3.05, 3.63) is 65.0 Å². The first kappa shape index (κ1) is 17.1. The molecule has 0 saturated carbocycles. The van der Waals surface area contributed by atoms with Gasteiger partial charge in [-0.25, -0.2) is 4.39 Å². The average molecular weight is 323 g/mol. The van der Waals surface area contributed by atoms with E-state index in [2.05, 4.69) is 30.9 Å². The number of nitrogens with zero attached hydrogens (tertiary/aromatic N) is 1. The van der Waals surface area contributed by atoms with Crippen LogP contribution in [-0.2, 0) is 6.42 Å². The van der Waals surface area contributed by atoms with Crippen LogP contribution in [0, 0.1) is 28.3 Å². The molecule has 0 heterocycles. The molecular weight excluding hydrogens is 305 g/mol. The van der Waals surface area contributed by atoms with Crippen LogP contribution in [0.1, 0.15) is 42.9 Å². The van der Waals surface area contributed by atoms with Gasteiger partial charge in [0.2, 0.25) is 0 Å². The van der Waals surface area contributed by atoms with Crippen molar-refractivity contribution in [2.75, 3.05) is 0 Å². The van der Waals surface area contributed by atoms with Gasteiger partial charge in [0.1, 0.15) is 11.2 Å². The molecular formula is C20H18FNS. The number of thiocyanates is 1. The Morgan fingerprint density at radius 3 is 2.35 bits per heavy atom. The fraction of sp³-hybridized carbons (Fsp3) is 0.250. The Bertz CT molecular complexity index is 748. The second-order valence-corrected chi connectivity index (χ2v) is 6.07. The number of aryl methyl sites for hydroxylation is 1. The molecule has 116 valence electrons. The summed E-state index contributed by atoms with van der Waals surface area (Å²) < 4.78 is 13.7. The van der Waals surface area contributed by atoms with Gasteiger partial charge in [0.15, 0.2) is 0 Å². The highest BCUT2D eigenvalue weighted by Crippen LogP contribution is 2.21. The smallest absolute Gasteiger partial charge is 0.139 e. The third-order valence-corrected chi connectivity index (χ3v) is 4.10. The molecule has 0 unspecified atom stereocenters. The molecule has 0 fully saturated rings. The molecule has 0 aromatic heterocycles. The zero-order chi connectivity index (χ0) is 16.5. The van der Waals surface area contributed by atoms with E-state index in [4.69, 9.17) is 5.26 Å². The summed E-state index contributed by atoms with van der Waals surface area (Å²) >= 11 is 0.817. The first-order valence-electron chi connectivity index (χ1n) is 7.69. The summed E-state index contributed by atoms with van der Waals surface area (Å²) in [6, 6.07) is 12.9. The molecule has 2 aromatic carbocycles. The number of benzene rings is 2. The van der Waals surface area contributed by atoms with Crippen LogP contribution in [0.25, 0.3) is 0 Å². The molecule has 0 N–H and O–H groups in total. The van der Waals surface area contributed by atoms with Gasteiger partial charge in [0.05, 0.1) is 4.90 Å². The first-order chi connectivity index (χ1) is 11.2. The third kappa shape index (κ3) is 5.47. The Labute approximate surface area is 141 Å². The van der Waals surface area contributed by atoms with Crippen LogP contribution in [0.4, 0.5) is 4.39 Å². The first-order valence-corrected chi connectivity index (χ1v) is 8.51. The average Bonchev–Trinajstić information content (AvgIpc) is 2.57. The number of halogens is 1. The number of thioether (sulfide) groups is 1. The van der Waals surface area contributed by atoms with Crippen molar-refractivity contribution in [3.63, 3.8) is 0 Å². The highest BCUT2D eigenvalue weighted by Gasteiger charge is 2.02. The van der Waals surface area contributed by atoms with Crippen molar-refractivity contribution in [1.82, 2.24) is 0 Å². The molecule has 0 atom stereocenters. The van der Waals surface area contributed by atoms with E-state index in [-0.39, 0.29) is 0 Å². The van der Waals surface area contributed by atoms with E-state index >= 15 is 0 Å². The summed E-state index contributed by atoms with van der Waals surface area (Å²) in [7, 11) is 0. The minimum absolute atomic E-state index is 0.328. The quantitative estimate of drug-likeness (QED) is 0.312. The van der Waals surface area contributed by atoms with Crippen LogP contribution in [0.5, 0.6) is 0 Å². The van der Waals surface area contributed by atoms with Crippen molar-refractivity contribution in [2.45, 2.75) is 37.5 Å². The number of hydrogen-bond donors (Lipinski definition) is 0. The minimum Gasteiger partial charge on any atom is -0.206 e. The summed E-state index contributed by atoms with van der Waals surface area (Å²) in [5.74, 6) is 5.60. The molecule has 0 amide bonds. The van der Waals surface area contributed by atoms with Gasteiger partial charge in [-0.05, 0) is 60.5 Å². The summed E-state index contributed by atoms with van der Waals surface area (Å²) in [4.78, 5) is 0.328. The van der Waals surface area contributed by atoms with Crippen molar-refractivity contribution >= 4 is 11.8 Å². The second kappa shape index (κ2) is 9.03. The lowest BCUT2D eigenvalue weighted by Crippen LogP contribution is -1.86. The zero-order valence-electron chi connectivity index (χ0n) is 13.1. The monoisotopic (exact) mass is 323 g/mol. The molecule has 23 heavy (non-hydrogen) atoms. The lowest BCUT2D eigenvalue weighted by molar-refractivity contribution is 0.602. The maximum absolute atomic E-state index is 13.7. The molecule has 0 aliphatic rings. The summed E-state index contributed by atoms with van der Waals surface area (Å²) in [5.41, 5.74) is 2.85. The Balaban J connectivity index is 2.04. The van der Waals surface area contributed by atoms with Crippen molar-refractivity contribution in [3.8, 4) is 17.2 Å². The standard InChI is InChI=1S/C20H18FNS/c1-2-3-4-5-16-6-8-17(9-7-16)10-11-18-12-13-20(23-15-22)19(21)14-18/h6-9,12-14H,2-5H2,1H3. The second-order valence-electron chi connectivity index (χ2n) is 5.24. The Hall–Kier alpha value is -2.23. The highest BCUT2D eigenvalue weighted by atomic mass is 32.2. The predicted molar refractivity (Wildman–Crippen MR) is 93.5 cm³/mol. The normalized spacial score (nSPS) is 9.78. The largest absolute Gasteiger partial charge is 0.206 e. The molecule has 0 spiro atoms. The van der Waals surface area contributed by atoms with E-state index in [0.29, 0.717) is 10.5 Å². The number of hydrogen-bond acceptors (Lipinski definition) is 2. The SMILES string of the molecule is CCCCCc1ccc(C#Cc2ccc(SC#N)c(F)c2)cc1. The van der Waals surface area contributed by atoms with Gasteiger partial charge >= 0.3 is 0 Å². The zero-order valence-corrected chi connectivity index (χ0v) is 13.9. The highest BCUT2D eigenvalue weighted by molar-refractivity contribution is 8.03. The van der Waals surface area contributed by atoms with E-state index in [1.165, 1.54) is 30.9 Å². The van der Waals surface area contributed by atoms with Gasteiger partial charge in [-0.15, -0.1) is 0 Å². The molecule has 1 nitrogen and oxygen atoms in total. The molecule has 2 aromatic rings. The van der Waals surface area contributed by atoms with Crippen LogP contribution in [0.15, 0.2) is 47.4 Å². The Morgan fingerprint density at radius 2 is 1.70 bits per heavy atom. The predicted octanol–water partition coefficient (Wildman–Crippen LogP) is 5.53. The third-order valence-electron chi connectivity index (χ3n) is 3.46. The Morgan fingerprint density at radius 1 is 1.00 bits per heavy atom. The lowest BCUT2D eigenvalue weighted by Gasteiger charge is -2.00. The van der Waals surface area contributed by atoms with Crippen LogP contribution < -0.4 is 0 Å². The molecule has 0 saturated heterocycles. The summed E-state index contributed by atoms with van der Waals surface area (Å²) in [5, 5.41) is 10.4. The molecule has 0 bridgehead atoms. The molecule has 0 aliphatic heterocycles. The molecule has 2 rings (SSSR count). The number of rotatable bonds is 5. The Kier molecular flexibility index (Phi) is 6.73. The van der Waals surface area contributed by atoms with Crippen LogP contribution in [0.3, 0.4) is 0 Å². The maximum atomic E-state index is 13.7. The van der Waals surface area contributed by atoms with E-state index < -0.39 is 5.82 Å². The maximum Gasteiger partial charge on any atom is 0.139 e. The van der Waals surface area contributed by atoms with Crippen LogP contribution >= 0.6 is 11.8 Å². The molecule has 0 radical (unpaired) electrons. The lowest BCUT2D eigenvalue weighted by atomic mass is 10.1. The number of unbranched alkanes of at least 4 members (excludes halogenated alkanes) is 2. The summed E-state index contributed by atoms with van der Waals surface area (Å²) in [6.45, 7) is 2.20. The van der Waals surface area contributed by atoms with E-state index in [0.717, 1.165) is 23.7 Å². The number of nitriles is 1. The van der Waals surface area contributed by atoms with Gasteiger partial charge in [-0.3, -0.25) is 0 Å².